The Morgan fingerprint density at radius 3 is 2.73 bits per heavy atom. The molecular weight excluding hydrogens is 216 g/mol. The minimum absolute atomic E-state index is 0.0425. The second-order valence-electron chi connectivity index (χ2n) is 3.58. The minimum Gasteiger partial charge on any atom is -0.454 e. The van der Waals surface area contributed by atoms with E-state index >= 15 is 0 Å². The zero-order valence-corrected chi connectivity index (χ0v) is 8.80. The maximum Gasteiger partial charge on any atom is 0.231 e. The zero-order valence-electron chi connectivity index (χ0n) is 8.05. The lowest BCUT2D eigenvalue weighted by Crippen LogP contribution is -2.11. The highest BCUT2D eigenvalue weighted by Gasteiger charge is 2.20. The number of halogens is 1. The summed E-state index contributed by atoms with van der Waals surface area (Å²) in [6.45, 7) is 1.15. The Balaban J connectivity index is 2.03. The molecular formula is C10H11ClN2O2. The van der Waals surface area contributed by atoms with Crippen LogP contribution < -0.4 is 20.1 Å². The number of nitrogens with one attached hydrogen (secondary N) is 2. The van der Waals surface area contributed by atoms with Gasteiger partial charge in [-0.1, -0.05) is 11.6 Å². The van der Waals surface area contributed by atoms with E-state index in [0.29, 0.717) is 6.79 Å². The van der Waals surface area contributed by atoms with Crippen LogP contribution in [0.1, 0.15) is 6.42 Å². The number of benzene rings is 1. The van der Waals surface area contributed by atoms with Crippen LogP contribution >= 0.6 is 11.6 Å². The SMILES string of the molecule is ClC1CCNc2cc3c(cc2N1)OCO3. The van der Waals surface area contributed by atoms with Gasteiger partial charge < -0.3 is 20.1 Å². The van der Waals surface area contributed by atoms with E-state index in [9.17, 15) is 0 Å². The van der Waals surface area contributed by atoms with Crippen LogP contribution in [0.5, 0.6) is 11.5 Å². The summed E-state index contributed by atoms with van der Waals surface area (Å²) in [5.74, 6) is 1.56. The lowest BCUT2D eigenvalue weighted by atomic mass is 10.2. The van der Waals surface area contributed by atoms with E-state index in [-0.39, 0.29) is 5.50 Å². The molecule has 15 heavy (non-hydrogen) atoms. The molecule has 0 saturated carbocycles. The van der Waals surface area contributed by atoms with E-state index < -0.39 is 0 Å². The Hall–Kier alpha value is -1.29. The Bertz CT molecular complexity index is 397. The first-order valence-electron chi connectivity index (χ1n) is 4.91. The lowest BCUT2D eigenvalue weighted by Gasteiger charge is -2.11. The van der Waals surface area contributed by atoms with Gasteiger partial charge in [-0.25, -0.2) is 0 Å². The summed E-state index contributed by atoms with van der Waals surface area (Å²) >= 11 is 6.08. The number of rotatable bonds is 0. The van der Waals surface area contributed by atoms with Crippen molar-refractivity contribution in [2.45, 2.75) is 11.9 Å². The van der Waals surface area contributed by atoms with Gasteiger partial charge in [0, 0.05) is 18.7 Å². The third-order valence-corrected chi connectivity index (χ3v) is 2.87. The molecule has 0 aromatic heterocycles. The number of hydrogen-bond acceptors (Lipinski definition) is 4. The number of hydrogen-bond donors (Lipinski definition) is 2. The summed E-state index contributed by atoms with van der Waals surface area (Å²) < 4.78 is 10.6. The molecule has 0 radical (unpaired) electrons. The molecule has 5 heteroatoms. The van der Waals surface area contributed by atoms with Gasteiger partial charge in [0.1, 0.15) is 5.50 Å². The van der Waals surface area contributed by atoms with Crippen LogP contribution in [0.15, 0.2) is 12.1 Å². The van der Waals surface area contributed by atoms with Crippen LogP contribution in [0.4, 0.5) is 11.4 Å². The van der Waals surface area contributed by atoms with Crippen LogP contribution in [0, 0.1) is 0 Å². The molecule has 0 saturated heterocycles. The molecule has 1 aromatic carbocycles. The highest BCUT2D eigenvalue weighted by Crippen LogP contribution is 2.40. The second-order valence-corrected chi connectivity index (χ2v) is 4.11. The average molecular weight is 227 g/mol. The van der Waals surface area contributed by atoms with E-state index in [4.69, 9.17) is 21.1 Å². The molecule has 2 aliphatic rings. The average Bonchev–Trinajstić information content (AvgIpc) is 2.57. The van der Waals surface area contributed by atoms with Gasteiger partial charge in [-0.15, -0.1) is 0 Å². The molecule has 0 fully saturated rings. The molecule has 2 aliphatic heterocycles. The molecule has 1 aromatic rings. The van der Waals surface area contributed by atoms with Crippen molar-refractivity contribution in [3.8, 4) is 11.5 Å². The third kappa shape index (κ3) is 1.55. The van der Waals surface area contributed by atoms with E-state index in [2.05, 4.69) is 10.6 Å². The first-order chi connectivity index (χ1) is 7.33. The first kappa shape index (κ1) is 8.97. The maximum absolute atomic E-state index is 6.08. The van der Waals surface area contributed by atoms with Crippen LogP contribution in [0.3, 0.4) is 0 Å². The summed E-state index contributed by atoms with van der Waals surface area (Å²) in [6.07, 6.45) is 0.878. The first-order valence-corrected chi connectivity index (χ1v) is 5.35. The summed E-state index contributed by atoms with van der Waals surface area (Å²) in [7, 11) is 0. The normalized spacial score (nSPS) is 22.3. The lowest BCUT2D eigenvalue weighted by molar-refractivity contribution is 0.174. The fourth-order valence-electron chi connectivity index (χ4n) is 1.78. The van der Waals surface area contributed by atoms with Crippen molar-refractivity contribution in [1.29, 1.82) is 0 Å². The monoisotopic (exact) mass is 226 g/mol. The fraction of sp³-hybridized carbons (Fsp3) is 0.400. The topological polar surface area (TPSA) is 42.5 Å². The molecule has 1 unspecified atom stereocenters. The molecule has 2 heterocycles. The van der Waals surface area contributed by atoms with Crippen LogP contribution in [0.2, 0.25) is 0 Å². The fourth-order valence-corrected chi connectivity index (χ4v) is 2.01. The maximum atomic E-state index is 6.08. The van der Waals surface area contributed by atoms with Crippen molar-refractivity contribution in [2.75, 3.05) is 24.0 Å². The van der Waals surface area contributed by atoms with Crippen molar-refractivity contribution < 1.29 is 9.47 Å². The molecule has 4 nitrogen and oxygen atoms in total. The van der Waals surface area contributed by atoms with Gasteiger partial charge >= 0.3 is 0 Å². The number of ether oxygens (including phenoxy) is 2. The third-order valence-electron chi connectivity index (χ3n) is 2.54. The van der Waals surface area contributed by atoms with Gasteiger partial charge in [-0.3, -0.25) is 0 Å². The Morgan fingerprint density at radius 2 is 1.93 bits per heavy atom. The minimum atomic E-state index is -0.0425. The molecule has 2 N–H and O–H groups in total. The Kier molecular flexibility index (Phi) is 2.02. The van der Waals surface area contributed by atoms with Gasteiger partial charge in [-0.05, 0) is 6.42 Å². The van der Waals surface area contributed by atoms with Gasteiger partial charge in [0.25, 0.3) is 0 Å². The molecule has 0 aliphatic carbocycles. The second kappa shape index (κ2) is 3.38. The zero-order chi connectivity index (χ0) is 10.3. The van der Waals surface area contributed by atoms with Crippen molar-refractivity contribution in [3.63, 3.8) is 0 Å². The van der Waals surface area contributed by atoms with Crippen LogP contribution in [0.25, 0.3) is 0 Å². The molecule has 0 spiro atoms. The largest absolute Gasteiger partial charge is 0.454 e. The van der Waals surface area contributed by atoms with Crippen LogP contribution in [-0.4, -0.2) is 18.8 Å². The molecule has 80 valence electrons. The molecule has 3 rings (SSSR count). The Labute approximate surface area is 92.5 Å². The van der Waals surface area contributed by atoms with Gasteiger partial charge in [0.05, 0.1) is 11.4 Å². The van der Waals surface area contributed by atoms with E-state index in [1.165, 1.54) is 0 Å². The predicted molar refractivity (Wildman–Crippen MR) is 58.9 cm³/mol. The van der Waals surface area contributed by atoms with Gasteiger partial charge in [0.15, 0.2) is 11.5 Å². The van der Waals surface area contributed by atoms with Gasteiger partial charge in [0.2, 0.25) is 6.79 Å². The summed E-state index contributed by atoms with van der Waals surface area (Å²) in [6, 6.07) is 3.87. The molecule has 0 bridgehead atoms. The van der Waals surface area contributed by atoms with E-state index in [1.54, 1.807) is 0 Å². The van der Waals surface area contributed by atoms with Gasteiger partial charge in [-0.2, -0.15) is 0 Å². The molecule has 1 atom stereocenters. The van der Waals surface area contributed by atoms with Crippen molar-refractivity contribution >= 4 is 23.0 Å². The van der Waals surface area contributed by atoms with E-state index in [0.717, 1.165) is 35.8 Å². The summed E-state index contributed by atoms with van der Waals surface area (Å²) in [4.78, 5) is 0. The number of alkyl halides is 1. The molecule has 0 amide bonds. The van der Waals surface area contributed by atoms with Crippen molar-refractivity contribution in [2.24, 2.45) is 0 Å². The summed E-state index contributed by atoms with van der Waals surface area (Å²) in [5, 5.41) is 6.52. The van der Waals surface area contributed by atoms with Crippen molar-refractivity contribution in [3.05, 3.63) is 12.1 Å². The standard InChI is InChI=1S/C10H11ClN2O2/c11-10-1-2-12-6-3-8-9(15-5-14-8)4-7(6)13-10/h3-4,10,12-13H,1-2,5H2. The quantitative estimate of drug-likeness (QED) is 0.526. The van der Waals surface area contributed by atoms with Crippen molar-refractivity contribution in [1.82, 2.24) is 0 Å². The smallest absolute Gasteiger partial charge is 0.231 e. The Morgan fingerprint density at radius 1 is 1.20 bits per heavy atom. The number of anilines is 2. The summed E-state index contributed by atoms with van der Waals surface area (Å²) in [5.41, 5.74) is 1.94. The number of fused-ring (bicyclic) bond motifs is 2. The predicted octanol–water partition coefficient (Wildman–Crippen LogP) is 2.21. The highest BCUT2D eigenvalue weighted by atomic mass is 35.5. The highest BCUT2D eigenvalue weighted by molar-refractivity contribution is 6.21. The van der Waals surface area contributed by atoms with Crippen LogP contribution in [-0.2, 0) is 0 Å². The van der Waals surface area contributed by atoms with E-state index in [1.807, 2.05) is 12.1 Å².